The van der Waals surface area contributed by atoms with E-state index in [4.69, 9.17) is 0 Å². The minimum Gasteiger partial charge on any atom is -0.358 e. The number of piperidine rings is 1. The highest BCUT2D eigenvalue weighted by molar-refractivity contribution is 7.89. The number of fused-ring (bicyclic) bond motifs is 1. The van der Waals surface area contributed by atoms with Crippen LogP contribution < -0.4 is 0 Å². The molecular weight excluding hydrogens is 363 g/mol. The predicted molar refractivity (Wildman–Crippen MR) is 105 cm³/mol. The molecule has 27 heavy (non-hydrogen) atoms. The molecule has 1 N–H and O–H groups in total. The van der Waals surface area contributed by atoms with Crippen LogP contribution in [0.4, 0.5) is 4.39 Å². The van der Waals surface area contributed by atoms with Crippen molar-refractivity contribution in [3.05, 3.63) is 65.1 Å². The molecule has 1 aliphatic heterocycles. The molecule has 4 rings (SSSR count). The summed E-state index contributed by atoms with van der Waals surface area (Å²) >= 11 is 0. The lowest BCUT2D eigenvalue weighted by Gasteiger charge is -2.31. The molecule has 142 valence electrons. The molecule has 0 atom stereocenters. The van der Waals surface area contributed by atoms with E-state index in [-0.39, 0.29) is 4.90 Å². The van der Waals surface area contributed by atoms with E-state index in [9.17, 15) is 12.8 Å². The molecule has 0 unspecified atom stereocenters. The lowest BCUT2D eigenvalue weighted by Crippen LogP contribution is -2.38. The zero-order valence-corrected chi connectivity index (χ0v) is 16.3. The highest BCUT2D eigenvalue weighted by atomic mass is 32.2. The summed E-state index contributed by atoms with van der Waals surface area (Å²) in [4.78, 5) is 3.70. The van der Waals surface area contributed by atoms with Gasteiger partial charge in [0.2, 0.25) is 10.0 Å². The van der Waals surface area contributed by atoms with Gasteiger partial charge in [0.15, 0.2) is 0 Å². The zero-order chi connectivity index (χ0) is 19.2. The Morgan fingerprint density at radius 2 is 1.70 bits per heavy atom. The fraction of sp³-hybridized carbons (Fsp3) is 0.333. The van der Waals surface area contributed by atoms with Gasteiger partial charge in [-0.15, -0.1) is 0 Å². The summed E-state index contributed by atoms with van der Waals surface area (Å²) in [6.45, 7) is 5.16. The van der Waals surface area contributed by atoms with Gasteiger partial charge in [-0.2, -0.15) is 4.31 Å². The highest BCUT2D eigenvalue weighted by Gasteiger charge is 2.31. The Kier molecular flexibility index (Phi) is 4.56. The number of nitrogens with one attached hydrogen (secondary N) is 1. The molecule has 0 bridgehead atoms. The topological polar surface area (TPSA) is 53.2 Å². The van der Waals surface area contributed by atoms with Crippen LogP contribution in [0.1, 0.15) is 35.6 Å². The Balaban J connectivity index is 1.54. The molecule has 4 nitrogen and oxygen atoms in total. The number of hydrogen-bond donors (Lipinski definition) is 1. The van der Waals surface area contributed by atoms with E-state index in [1.54, 1.807) is 0 Å². The quantitative estimate of drug-likeness (QED) is 0.721. The van der Waals surface area contributed by atoms with Gasteiger partial charge in [-0.25, -0.2) is 12.8 Å². The standard InChI is InChI=1S/C21H23FN2O2S/c1-14-3-8-20-19(13-14)15(2)21(23-20)16-9-11-24(12-10-16)27(25,26)18-6-4-17(22)5-7-18/h3-8,13,16,23H,9-12H2,1-2H3. The van der Waals surface area contributed by atoms with Crippen LogP contribution in [0.15, 0.2) is 47.4 Å². The first kappa shape index (κ1) is 18.2. The number of nitrogens with zero attached hydrogens (tertiary/aromatic N) is 1. The normalized spacial score (nSPS) is 16.9. The van der Waals surface area contributed by atoms with Crippen molar-refractivity contribution in [2.24, 2.45) is 0 Å². The number of rotatable bonds is 3. The van der Waals surface area contributed by atoms with Crippen molar-refractivity contribution >= 4 is 20.9 Å². The molecular formula is C21H23FN2O2S. The summed E-state index contributed by atoms with van der Waals surface area (Å²) < 4.78 is 40.2. The average molecular weight is 386 g/mol. The molecule has 2 aromatic carbocycles. The number of hydrogen-bond acceptors (Lipinski definition) is 2. The molecule has 0 aliphatic carbocycles. The second-order valence-electron chi connectivity index (χ2n) is 7.34. The third-order valence-corrected chi connectivity index (χ3v) is 7.48. The van der Waals surface area contributed by atoms with Crippen LogP contribution in [0, 0.1) is 19.7 Å². The first-order chi connectivity index (χ1) is 12.9. The largest absolute Gasteiger partial charge is 0.358 e. The van der Waals surface area contributed by atoms with E-state index >= 15 is 0 Å². The lowest BCUT2D eigenvalue weighted by molar-refractivity contribution is 0.317. The number of aromatic amines is 1. The Morgan fingerprint density at radius 3 is 2.37 bits per heavy atom. The SMILES string of the molecule is Cc1ccc2[nH]c(C3CCN(S(=O)(=O)c4ccc(F)cc4)CC3)c(C)c2c1. The maximum atomic E-state index is 13.1. The van der Waals surface area contributed by atoms with Gasteiger partial charge < -0.3 is 4.98 Å². The van der Waals surface area contributed by atoms with Crippen LogP contribution in [-0.2, 0) is 10.0 Å². The fourth-order valence-corrected chi connectivity index (χ4v) is 5.48. The van der Waals surface area contributed by atoms with Gasteiger partial charge in [-0.05, 0) is 68.7 Å². The van der Waals surface area contributed by atoms with Gasteiger partial charge in [0.05, 0.1) is 4.90 Å². The van der Waals surface area contributed by atoms with Crippen LogP contribution in [0.5, 0.6) is 0 Å². The molecule has 6 heteroatoms. The lowest BCUT2D eigenvalue weighted by atomic mass is 9.92. The maximum Gasteiger partial charge on any atom is 0.243 e. The minimum absolute atomic E-state index is 0.152. The summed E-state index contributed by atoms with van der Waals surface area (Å²) in [6.07, 6.45) is 1.54. The average Bonchev–Trinajstić information content (AvgIpc) is 2.98. The van der Waals surface area contributed by atoms with Crippen LogP contribution in [0.2, 0.25) is 0 Å². The molecule has 3 aromatic rings. The van der Waals surface area contributed by atoms with Gasteiger partial charge >= 0.3 is 0 Å². The summed E-state index contributed by atoms with van der Waals surface area (Å²) in [5.41, 5.74) is 4.84. The van der Waals surface area contributed by atoms with Gasteiger partial charge in [0, 0.05) is 35.6 Å². The van der Waals surface area contributed by atoms with Crippen LogP contribution in [0.25, 0.3) is 10.9 Å². The van der Waals surface area contributed by atoms with Gasteiger partial charge in [-0.1, -0.05) is 11.6 Å². The molecule has 1 fully saturated rings. The van der Waals surface area contributed by atoms with Gasteiger partial charge in [0.25, 0.3) is 0 Å². The van der Waals surface area contributed by atoms with E-state index < -0.39 is 15.8 Å². The second kappa shape index (κ2) is 6.77. The monoisotopic (exact) mass is 386 g/mol. The third kappa shape index (κ3) is 3.28. The van der Waals surface area contributed by atoms with Crippen molar-refractivity contribution in [2.45, 2.75) is 37.5 Å². The van der Waals surface area contributed by atoms with Crippen molar-refractivity contribution in [3.63, 3.8) is 0 Å². The van der Waals surface area contributed by atoms with Gasteiger partial charge in [0.1, 0.15) is 5.82 Å². The summed E-state index contributed by atoms with van der Waals surface area (Å²) in [5.74, 6) is -0.116. The smallest absolute Gasteiger partial charge is 0.243 e. The zero-order valence-electron chi connectivity index (χ0n) is 15.5. The summed E-state index contributed by atoms with van der Waals surface area (Å²) in [6, 6.07) is 11.4. The molecule has 1 aliphatic rings. The summed E-state index contributed by atoms with van der Waals surface area (Å²) in [5, 5.41) is 1.24. The molecule has 0 radical (unpaired) electrons. The predicted octanol–water partition coefficient (Wildman–Crippen LogP) is 4.49. The first-order valence-electron chi connectivity index (χ1n) is 9.21. The van der Waals surface area contributed by atoms with Gasteiger partial charge in [-0.3, -0.25) is 0 Å². The molecule has 0 amide bonds. The van der Waals surface area contributed by atoms with E-state index in [2.05, 4.69) is 37.0 Å². The maximum absolute atomic E-state index is 13.1. The molecule has 1 aromatic heterocycles. The number of H-pyrrole nitrogens is 1. The molecule has 1 saturated heterocycles. The van der Waals surface area contributed by atoms with E-state index in [1.807, 2.05) is 0 Å². The van der Waals surface area contributed by atoms with E-state index in [1.165, 1.54) is 50.8 Å². The number of aryl methyl sites for hydroxylation is 2. The van der Waals surface area contributed by atoms with Crippen molar-refractivity contribution < 1.29 is 12.8 Å². The van der Waals surface area contributed by atoms with Crippen molar-refractivity contribution in [1.29, 1.82) is 0 Å². The fourth-order valence-electron chi connectivity index (χ4n) is 4.01. The Morgan fingerprint density at radius 1 is 1.04 bits per heavy atom. The van der Waals surface area contributed by atoms with E-state index in [0.29, 0.717) is 19.0 Å². The summed E-state index contributed by atoms with van der Waals surface area (Å²) in [7, 11) is -3.57. The second-order valence-corrected chi connectivity index (χ2v) is 9.28. The highest BCUT2D eigenvalue weighted by Crippen LogP contribution is 2.35. The molecule has 2 heterocycles. The molecule has 0 spiro atoms. The number of halogens is 1. The van der Waals surface area contributed by atoms with E-state index in [0.717, 1.165) is 18.4 Å². The van der Waals surface area contributed by atoms with Crippen LogP contribution in [0.3, 0.4) is 0 Å². The van der Waals surface area contributed by atoms with Crippen LogP contribution in [-0.4, -0.2) is 30.8 Å². The van der Waals surface area contributed by atoms with Crippen LogP contribution >= 0.6 is 0 Å². The Labute approximate surface area is 159 Å². The Hall–Kier alpha value is -2.18. The van der Waals surface area contributed by atoms with Crippen molar-refractivity contribution in [2.75, 3.05) is 13.1 Å². The van der Waals surface area contributed by atoms with Crippen molar-refractivity contribution in [3.8, 4) is 0 Å². The first-order valence-corrected chi connectivity index (χ1v) is 10.6. The number of sulfonamides is 1. The number of aromatic nitrogens is 1. The molecule has 0 saturated carbocycles. The third-order valence-electron chi connectivity index (χ3n) is 5.57. The van der Waals surface area contributed by atoms with Crippen molar-refractivity contribution in [1.82, 2.24) is 9.29 Å². The number of benzene rings is 2. The minimum atomic E-state index is -3.57. The Bertz CT molecular complexity index is 1080.